The summed E-state index contributed by atoms with van der Waals surface area (Å²) in [5, 5.41) is 8.82. The summed E-state index contributed by atoms with van der Waals surface area (Å²) in [6.45, 7) is 2.21. The van der Waals surface area contributed by atoms with Crippen LogP contribution in [0, 0.1) is 11.3 Å². The Labute approximate surface area is 102 Å². The predicted molar refractivity (Wildman–Crippen MR) is 65.7 cm³/mol. The highest BCUT2D eigenvalue weighted by Gasteiger charge is 2.22. The highest BCUT2D eigenvalue weighted by atomic mass is 15.3. The maximum absolute atomic E-state index is 8.82. The van der Waals surface area contributed by atoms with Gasteiger partial charge in [0, 0.05) is 19.3 Å². The Balaban J connectivity index is 2.08. The maximum Gasteiger partial charge on any atom is 0.226 e. The molecule has 1 aromatic rings. The van der Waals surface area contributed by atoms with Gasteiger partial charge >= 0.3 is 0 Å². The Kier molecular flexibility index (Phi) is 3.55. The van der Waals surface area contributed by atoms with Crippen molar-refractivity contribution in [2.45, 2.75) is 18.9 Å². The van der Waals surface area contributed by atoms with E-state index in [1.54, 1.807) is 12.3 Å². The third kappa shape index (κ3) is 2.71. The molecule has 0 aliphatic carbocycles. The van der Waals surface area contributed by atoms with Crippen molar-refractivity contribution in [3.8, 4) is 6.07 Å². The van der Waals surface area contributed by atoms with Crippen molar-refractivity contribution >= 4 is 5.95 Å². The minimum absolute atomic E-state index is 0.426. The second-order valence-corrected chi connectivity index (χ2v) is 4.50. The molecule has 0 unspecified atom stereocenters. The lowest BCUT2D eigenvalue weighted by Crippen LogP contribution is -2.42. The third-order valence-electron chi connectivity index (χ3n) is 3.31. The standard InChI is InChI=1S/C12H17N5/c1-16-7-4-11(5-8-16)17(2)12-14-6-3-10(9-13)15-12/h3,6,11H,4-5,7-8H2,1-2H3. The van der Waals surface area contributed by atoms with Crippen LogP contribution in [0.2, 0.25) is 0 Å². The van der Waals surface area contributed by atoms with Gasteiger partial charge in [0.2, 0.25) is 5.95 Å². The molecule has 90 valence electrons. The fourth-order valence-electron chi connectivity index (χ4n) is 2.13. The van der Waals surface area contributed by atoms with Crippen LogP contribution in [-0.4, -0.2) is 48.1 Å². The molecule has 1 aliphatic rings. The Morgan fingerprint density at radius 2 is 2.18 bits per heavy atom. The Morgan fingerprint density at radius 1 is 1.47 bits per heavy atom. The molecule has 0 aromatic carbocycles. The molecule has 2 heterocycles. The normalized spacial score (nSPS) is 17.7. The summed E-state index contributed by atoms with van der Waals surface area (Å²) in [7, 11) is 4.15. The lowest BCUT2D eigenvalue weighted by Gasteiger charge is -2.35. The van der Waals surface area contributed by atoms with E-state index in [4.69, 9.17) is 5.26 Å². The number of likely N-dealkylation sites (tertiary alicyclic amines) is 1. The van der Waals surface area contributed by atoms with Crippen LogP contribution in [0.5, 0.6) is 0 Å². The molecule has 1 saturated heterocycles. The van der Waals surface area contributed by atoms with Gasteiger partial charge in [-0.1, -0.05) is 0 Å². The predicted octanol–water partition coefficient (Wildman–Crippen LogP) is 0.879. The van der Waals surface area contributed by atoms with Gasteiger partial charge in [-0.2, -0.15) is 5.26 Å². The van der Waals surface area contributed by atoms with Gasteiger partial charge in [-0.25, -0.2) is 9.97 Å². The van der Waals surface area contributed by atoms with E-state index >= 15 is 0 Å². The highest BCUT2D eigenvalue weighted by molar-refractivity contribution is 5.34. The summed E-state index contributed by atoms with van der Waals surface area (Å²) in [5.41, 5.74) is 0.426. The average Bonchev–Trinajstić information content (AvgIpc) is 2.39. The van der Waals surface area contributed by atoms with Crippen LogP contribution in [0.1, 0.15) is 18.5 Å². The summed E-state index contributed by atoms with van der Waals surface area (Å²) in [4.78, 5) is 12.9. The van der Waals surface area contributed by atoms with E-state index in [0.717, 1.165) is 25.9 Å². The quantitative estimate of drug-likeness (QED) is 0.756. The van der Waals surface area contributed by atoms with Crippen LogP contribution in [0.3, 0.4) is 0 Å². The van der Waals surface area contributed by atoms with Crippen molar-refractivity contribution in [2.75, 3.05) is 32.1 Å². The number of piperidine rings is 1. The first-order chi connectivity index (χ1) is 8.20. The summed E-state index contributed by atoms with van der Waals surface area (Å²) in [5.74, 6) is 0.651. The van der Waals surface area contributed by atoms with Gasteiger partial charge in [0.15, 0.2) is 0 Å². The second kappa shape index (κ2) is 5.11. The molecule has 0 bridgehead atoms. The fraction of sp³-hybridized carbons (Fsp3) is 0.583. The van der Waals surface area contributed by atoms with Crippen molar-refractivity contribution < 1.29 is 0 Å². The molecule has 17 heavy (non-hydrogen) atoms. The molecule has 0 atom stereocenters. The Hall–Kier alpha value is -1.67. The molecule has 1 aliphatic heterocycles. The minimum Gasteiger partial charge on any atom is -0.341 e. The van der Waals surface area contributed by atoms with Crippen LogP contribution in [0.15, 0.2) is 12.3 Å². The third-order valence-corrected chi connectivity index (χ3v) is 3.31. The SMILES string of the molecule is CN1CCC(N(C)c2nccc(C#N)n2)CC1. The molecule has 5 nitrogen and oxygen atoms in total. The first kappa shape index (κ1) is 11.8. The number of hydrogen-bond acceptors (Lipinski definition) is 5. The molecule has 1 fully saturated rings. The number of nitriles is 1. The summed E-state index contributed by atoms with van der Waals surface area (Å²) >= 11 is 0. The van der Waals surface area contributed by atoms with Gasteiger partial charge in [0.05, 0.1) is 0 Å². The van der Waals surface area contributed by atoms with Crippen LogP contribution in [0.4, 0.5) is 5.95 Å². The van der Waals surface area contributed by atoms with E-state index in [9.17, 15) is 0 Å². The lowest BCUT2D eigenvalue weighted by molar-refractivity contribution is 0.252. The number of hydrogen-bond donors (Lipinski definition) is 0. The van der Waals surface area contributed by atoms with E-state index in [-0.39, 0.29) is 0 Å². The molecule has 0 spiro atoms. The molecule has 0 amide bonds. The van der Waals surface area contributed by atoms with Crippen molar-refractivity contribution in [3.05, 3.63) is 18.0 Å². The van der Waals surface area contributed by atoms with Gasteiger partial charge in [0.1, 0.15) is 11.8 Å². The zero-order valence-electron chi connectivity index (χ0n) is 10.3. The summed E-state index contributed by atoms with van der Waals surface area (Å²) in [6.07, 6.45) is 3.88. The van der Waals surface area contributed by atoms with Crippen molar-refractivity contribution in [1.29, 1.82) is 5.26 Å². The van der Waals surface area contributed by atoms with Crippen molar-refractivity contribution in [2.24, 2.45) is 0 Å². The minimum atomic E-state index is 0.426. The molecule has 5 heteroatoms. The lowest BCUT2D eigenvalue weighted by atomic mass is 10.0. The van der Waals surface area contributed by atoms with Crippen molar-refractivity contribution in [3.63, 3.8) is 0 Å². The van der Waals surface area contributed by atoms with E-state index in [1.165, 1.54) is 0 Å². The van der Waals surface area contributed by atoms with Crippen LogP contribution in [-0.2, 0) is 0 Å². The smallest absolute Gasteiger partial charge is 0.226 e. The molecule has 0 N–H and O–H groups in total. The number of rotatable bonds is 2. The summed E-state index contributed by atoms with van der Waals surface area (Å²) < 4.78 is 0. The Bertz CT molecular complexity index is 417. The average molecular weight is 231 g/mol. The van der Waals surface area contributed by atoms with Crippen LogP contribution in [0.25, 0.3) is 0 Å². The zero-order chi connectivity index (χ0) is 12.3. The maximum atomic E-state index is 8.82. The van der Waals surface area contributed by atoms with Crippen LogP contribution >= 0.6 is 0 Å². The fourth-order valence-corrected chi connectivity index (χ4v) is 2.13. The van der Waals surface area contributed by atoms with Crippen molar-refractivity contribution in [1.82, 2.24) is 14.9 Å². The Morgan fingerprint density at radius 3 is 2.82 bits per heavy atom. The molecule has 0 radical (unpaired) electrons. The first-order valence-corrected chi connectivity index (χ1v) is 5.85. The van der Waals surface area contributed by atoms with E-state index in [0.29, 0.717) is 17.7 Å². The molecule has 1 aromatic heterocycles. The number of aromatic nitrogens is 2. The second-order valence-electron chi connectivity index (χ2n) is 4.50. The first-order valence-electron chi connectivity index (χ1n) is 5.85. The van der Waals surface area contributed by atoms with E-state index in [1.807, 2.05) is 13.1 Å². The zero-order valence-corrected chi connectivity index (χ0v) is 10.3. The van der Waals surface area contributed by atoms with Gasteiger partial charge in [-0.15, -0.1) is 0 Å². The molecule has 2 rings (SSSR count). The van der Waals surface area contributed by atoms with Gasteiger partial charge in [-0.3, -0.25) is 0 Å². The topological polar surface area (TPSA) is 56.0 Å². The van der Waals surface area contributed by atoms with E-state index < -0.39 is 0 Å². The summed E-state index contributed by atoms with van der Waals surface area (Å²) in [6, 6.07) is 4.15. The number of anilines is 1. The van der Waals surface area contributed by atoms with Gasteiger partial charge in [-0.05, 0) is 39.0 Å². The van der Waals surface area contributed by atoms with Gasteiger partial charge < -0.3 is 9.80 Å². The van der Waals surface area contributed by atoms with Gasteiger partial charge in [0.25, 0.3) is 0 Å². The highest BCUT2D eigenvalue weighted by Crippen LogP contribution is 2.18. The molecular weight excluding hydrogens is 214 g/mol. The van der Waals surface area contributed by atoms with E-state index in [2.05, 4.69) is 26.8 Å². The van der Waals surface area contributed by atoms with Crippen LogP contribution < -0.4 is 4.90 Å². The molecule has 0 saturated carbocycles. The largest absolute Gasteiger partial charge is 0.341 e. The number of nitrogens with zero attached hydrogens (tertiary/aromatic N) is 5. The monoisotopic (exact) mass is 231 g/mol. The molecular formula is C12H17N5.